The fourth-order valence-corrected chi connectivity index (χ4v) is 2.25. The normalized spacial score (nSPS) is 13.9. The molecule has 1 nitrogen and oxygen atoms in total. The van der Waals surface area contributed by atoms with E-state index in [-0.39, 0.29) is 11.7 Å². The number of ether oxygens (including phenoxy) is 1. The van der Waals surface area contributed by atoms with Gasteiger partial charge < -0.3 is 4.74 Å². The number of alkyl halides is 1. The Labute approximate surface area is 108 Å². The maximum atomic E-state index is 5.96. The molecule has 15 heavy (non-hydrogen) atoms. The molecule has 0 radical (unpaired) electrons. The first-order chi connectivity index (χ1) is 6.92. The highest BCUT2D eigenvalue weighted by molar-refractivity contribution is 9.10. The fraction of sp³-hybridized carbons (Fsp3) is 0.500. The van der Waals surface area contributed by atoms with Crippen molar-refractivity contribution in [2.45, 2.75) is 32.5 Å². The third-order valence-electron chi connectivity index (χ3n) is 1.86. The van der Waals surface area contributed by atoms with Crippen LogP contribution in [0.15, 0.2) is 28.7 Å². The summed E-state index contributed by atoms with van der Waals surface area (Å²) in [5, 5.41) is 0.806. The molecule has 0 aliphatic rings. The Kier molecular flexibility index (Phi) is 4.81. The quantitative estimate of drug-likeness (QED) is 0.727. The Morgan fingerprint density at radius 3 is 2.47 bits per heavy atom. The topological polar surface area (TPSA) is 9.23 Å². The van der Waals surface area contributed by atoms with Gasteiger partial charge in [-0.25, -0.2) is 0 Å². The standard InChI is InChI=1S/C12H16Br2O/c1-12(2,3)15-11(8-13)9-5-4-6-10(14)7-9/h4-7,11H,8H2,1-3H3. The van der Waals surface area contributed by atoms with Gasteiger partial charge in [-0.3, -0.25) is 0 Å². The molecule has 0 amide bonds. The van der Waals surface area contributed by atoms with Gasteiger partial charge in [0, 0.05) is 9.80 Å². The molecule has 0 heterocycles. The summed E-state index contributed by atoms with van der Waals surface area (Å²) < 4.78 is 7.05. The smallest absolute Gasteiger partial charge is 0.0929 e. The van der Waals surface area contributed by atoms with Crippen molar-refractivity contribution in [3.63, 3.8) is 0 Å². The van der Waals surface area contributed by atoms with E-state index in [0.29, 0.717) is 0 Å². The van der Waals surface area contributed by atoms with Crippen molar-refractivity contribution in [1.82, 2.24) is 0 Å². The maximum absolute atomic E-state index is 5.96. The molecule has 0 saturated carbocycles. The molecule has 3 heteroatoms. The SMILES string of the molecule is CC(C)(C)OC(CBr)c1cccc(Br)c1. The Hall–Kier alpha value is 0.140. The predicted octanol–water partition coefficient (Wildman–Crippen LogP) is 4.70. The Morgan fingerprint density at radius 1 is 1.33 bits per heavy atom. The molecule has 0 saturated heterocycles. The van der Waals surface area contributed by atoms with Gasteiger partial charge in [-0.15, -0.1) is 0 Å². The number of hydrogen-bond acceptors (Lipinski definition) is 1. The molecule has 0 fully saturated rings. The summed E-state index contributed by atoms with van der Waals surface area (Å²) in [4.78, 5) is 0. The van der Waals surface area contributed by atoms with Crippen molar-refractivity contribution >= 4 is 31.9 Å². The lowest BCUT2D eigenvalue weighted by Crippen LogP contribution is -2.23. The van der Waals surface area contributed by atoms with E-state index in [4.69, 9.17) is 4.74 Å². The van der Waals surface area contributed by atoms with E-state index in [1.165, 1.54) is 5.56 Å². The van der Waals surface area contributed by atoms with E-state index in [1.807, 2.05) is 12.1 Å². The van der Waals surface area contributed by atoms with Crippen molar-refractivity contribution < 1.29 is 4.74 Å². The molecule has 0 aromatic heterocycles. The van der Waals surface area contributed by atoms with Crippen molar-refractivity contribution in [3.05, 3.63) is 34.3 Å². The van der Waals surface area contributed by atoms with Gasteiger partial charge in [-0.05, 0) is 38.5 Å². The minimum absolute atomic E-state index is 0.0995. The number of hydrogen-bond donors (Lipinski definition) is 0. The molecule has 1 atom stereocenters. The van der Waals surface area contributed by atoms with Gasteiger partial charge in [0.15, 0.2) is 0 Å². The average molecular weight is 336 g/mol. The third kappa shape index (κ3) is 4.66. The Bertz CT molecular complexity index is 318. The molecule has 1 aromatic carbocycles. The molecule has 0 aliphatic heterocycles. The lowest BCUT2D eigenvalue weighted by molar-refractivity contribution is -0.0501. The maximum Gasteiger partial charge on any atom is 0.0929 e. The van der Waals surface area contributed by atoms with Gasteiger partial charge >= 0.3 is 0 Å². The lowest BCUT2D eigenvalue weighted by atomic mass is 10.1. The van der Waals surface area contributed by atoms with Crippen molar-refractivity contribution in [2.75, 3.05) is 5.33 Å². The van der Waals surface area contributed by atoms with E-state index in [0.717, 1.165) is 9.80 Å². The van der Waals surface area contributed by atoms with Crippen LogP contribution in [-0.4, -0.2) is 10.9 Å². The van der Waals surface area contributed by atoms with E-state index in [9.17, 15) is 0 Å². The highest BCUT2D eigenvalue weighted by atomic mass is 79.9. The molecule has 0 N–H and O–H groups in total. The second kappa shape index (κ2) is 5.46. The molecular formula is C12H16Br2O. The summed E-state index contributed by atoms with van der Waals surface area (Å²) in [6, 6.07) is 8.23. The van der Waals surface area contributed by atoms with Crippen molar-refractivity contribution in [1.29, 1.82) is 0 Å². The van der Waals surface area contributed by atoms with Crippen LogP contribution in [0, 0.1) is 0 Å². The van der Waals surface area contributed by atoms with Gasteiger partial charge in [0.2, 0.25) is 0 Å². The summed E-state index contributed by atoms with van der Waals surface area (Å²) in [6.07, 6.45) is 0.0995. The highest BCUT2D eigenvalue weighted by Crippen LogP contribution is 2.27. The van der Waals surface area contributed by atoms with Gasteiger partial charge in [0.25, 0.3) is 0 Å². The van der Waals surface area contributed by atoms with Gasteiger partial charge in [-0.1, -0.05) is 44.0 Å². The first kappa shape index (κ1) is 13.2. The van der Waals surface area contributed by atoms with E-state index in [1.54, 1.807) is 0 Å². The lowest BCUT2D eigenvalue weighted by Gasteiger charge is -2.26. The molecule has 1 aromatic rings. The van der Waals surface area contributed by atoms with Crippen molar-refractivity contribution in [3.8, 4) is 0 Å². The molecule has 0 aliphatic carbocycles. The zero-order valence-corrected chi connectivity index (χ0v) is 12.4. The Balaban J connectivity index is 2.83. The minimum atomic E-state index is -0.124. The van der Waals surface area contributed by atoms with E-state index in [2.05, 4.69) is 64.8 Å². The number of rotatable bonds is 3. The summed E-state index contributed by atoms with van der Waals surface area (Å²) >= 11 is 6.96. The second-order valence-corrected chi connectivity index (χ2v) is 5.99. The molecule has 0 bridgehead atoms. The van der Waals surface area contributed by atoms with Crippen LogP contribution in [0.25, 0.3) is 0 Å². The predicted molar refractivity (Wildman–Crippen MR) is 71.5 cm³/mol. The van der Waals surface area contributed by atoms with Gasteiger partial charge in [0.05, 0.1) is 11.7 Å². The van der Waals surface area contributed by atoms with Crippen LogP contribution in [0.4, 0.5) is 0 Å². The van der Waals surface area contributed by atoms with Crippen LogP contribution in [0.1, 0.15) is 32.4 Å². The largest absolute Gasteiger partial charge is 0.367 e. The van der Waals surface area contributed by atoms with E-state index < -0.39 is 0 Å². The second-order valence-electron chi connectivity index (χ2n) is 4.43. The van der Waals surface area contributed by atoms with E-state index >= 15 is 0 Å². The van der Waals surface area contributed by atoms with Crippen LogP contribution >= 0.6 is 31.9 Å². The minimum Gasteiger partial charge on any atom is -0.367 e. The molecule has 84 valence electrons. The van der Waals surface area contributed by atoms with Crippen molar-refractivity contribution in [2.24, 2.45) is 0 Å². The van der Waals surface area contributed by atoms with Crippen LogP contribution in [0.3, 0.4) is 0 Å². The van der Waals surface area contributed by atoms with Crippen LogP contribution < -0.4 is 0 Å². The van der Waals surface area contributed by atoms with Crippen LogP contribution in [-0.2, 0) is 4.74 Å². The molecule has 1 unspecified atom stereocenters. The van der Waals surface area contributed by atoms with Gasteiger partial charge in [-0.2, -0.15) is 0 Å². The monoisotopic (exact) mass is 334 g/mol. The Morgan fingerprint density at radius 2 is 2.00 bits per heavy atom. The summed E-state index contributed by atoms with van der Waals surface area (Å²) in [6.45, 7) is 6.21. The highest BCUT2D eigenvalue weighted by Gasteiger charge is 2.19. The molecule has 1 rings (SSSR count). The first-order valence-electron chi connectivity index (χ1n) is 4.91. The fourth-order valence-electron chi connectivity index (χ4n) is 1.32. The summed E-state index contributed by atoms with van der Waals surface area (Å²) in [5.41, 5.74) is 1.07. The zero-order valence-electron chi connectivity index (χ0n) is 9.26. The first-order valence-corrected chi connectivity index (χ1v) is 6.83. The average Bonchev–Trinajstić information content (AvgIpc) is 2.13. The number of halogens is 2. The third-order valence-corrected chi connectivity index (χ3v) is 2.94. The van der Waals surface area contributed by atoms with Gasteiger partial charge in [0.1, 0.15) is 0 Å². The summed E-state index contributed by atoms with van der Waals surface area (Å²) in [5.74, 6) is 0. The van der Waals surface area contributed by atoms with Crippen LogP contribution in [0.5, 0.6) is 0 Å². The molecular weight excluding hydrogens is 320 g/mol. The summed E-state index contributed by atoms with van der Waals surface area (Å²) in [7, 11) is 0. The number of benzene rings is 1. The van der Waals surface area contributed by atoms with Crippen LogP contribution in [0.2, 0.25) is 0 Å². The molecule has 0 spiro atoms. The zero-order chi connectivity index (χ0) is 11.5.